The third-order valence-corrected chi connectivity index (χ3v) is 2.92. The van der Waals surface area contributed by atoms with Gasteiger partial charge in [0.25, 0.3) is 0 Å². The standard InChI is InChI=1S/C10H6BrF2N3O2/c1-4-9(10(17)18)14-15-16(4)8-2-5(11)6(12)3-7(8)13/h2-3H,1H3,(H,17,18). The first-order chi connectivity index (χ1) is 8.41. The molecule has 0 fully saturated rings. The summed E-state index contributed by atoms with van der Waals surface area (Å²) in [5, 5.41) is 15.8. The lowest BCUT2D eigenvalue weighted by atomic mass is 10.2. The predicted molar refractivity (Wildman–Crippen MR) is 60.7 cm³/mol. The fourth-order valence-corrected chi connectivity index (χ4v) is 1.76. The lowest BCUT2D eigenvalue weighted by molar-refractivity contribution is 0.0689. The first kappa shape index (κ1) is 12.6. The van der Waals surface area contributed by atoms with Crippen molar-refractivity contribution in [1.82, 2.24) is 15.0 Å². The maximum atomic E-state index is 13.6. The van der Waals surface area contributed by atoms with Crippen molar-refractivity contribution < 1.29 is 18.7 Å². The molecule has 1 aromatic carbocycles. The number of aromatic nitrogens is 3. The maximum Gasteiger partial charge on any atom is 0.358 e. The zero-order valence-electron chi connectivity index (χ0n) is 8.99. The van der Waals surface area contributed by atoms with Crippen LogP contribution < -0.4 is 0 Å². The number of nitrogens with zero attached hydrogens (tertiary/aromatic N) is 3. The molecule has 0 bridgehead atoms. The average Bonchev–Trinajstić information content (AvgIpc) is 2.66. The van der Waals surface area contributed by atoms with Gasteiger partial charge >= 0.3 is 5.97 Å². The highest BCUT2D eigenvalue weighted by Crippen LogP contribution is 2.23. The van der Waals surface area contributed by atoms with Gasteiger partial charge in [-0.05, 0) is 28.9 Å². The van der Waals surface area contributed by atoms with E-state index in [4.69, 9.17) is 5.11 Å². The van der Waals surface area contributed by atoms with Crippen molar-refractivity contribution in [2.45, 2.75) is 6.92 Å². The Labute approximate surface area is 108 Å². The summed E-state index contributed by atoms with van der Waals surface area (Å²) in [6.07, 6.45) is 0. The number of carbonyl (C=O) groups is 1. The molecular weight excluding hydrogens is 312 g/mol. The van der Waals surface area contributed by atoms with Gasteiger partial charge < -0.3 is 5.11 Å². The molecule has 0 saturated heterocycles. The second-order valence-electron chi connectivity index (χ2n) is 3.46. The van der Waals surface area contributed by atoms with Gasteiger partial charge in [0.05, 0.1) is 10.2 Å². The molecule has 8 heteroatoms. The van der Waals surface area contributed by atoms with Gasteiger partial charge in [-0.1, -0.05) is 5.21 Å². The van der Waals surface area contributed by atoms with Crippen LogP contribution in [0.25, 0.3) is 5.69 Å². The van der Waals surface area contributed by atoms with E-state index in [9.17, 15) is 13.6 Å². The Hall–Kier alpha value is -1.83. The SMILES string of the molecule is Cc1c(C(=O)O)nnn1-c1cc(Br)c(F)cc1F. The summed E-state index contributed by atoms with van der Waals surface area (Å²) in [6.45, 7) is 1.43. The molecule has 2 aromatic rings. The normalized spacial score (nSPS) is 10.7. The molecule has 0 saturated carbocycles. The van der Waals surface area contributed by atoms with Crippen LogP contribution in [0.15, 0.2) is 16.6 Å². The van der Waals surface area contributed by atoms with Crippen molar-refractivity contribution in [2.75, 3.05) is 0 Å². The Morgan fingerprint density at radius 1 is 1.39 bits per heavy atom. The Bertz CT molecular complexity index is 642. The molecule has 1 heterocycles. The highest BCUT2D eigenvalue weighted by atomic mass is 79.9. The molecule has 94 valence electrons. The summed E-state index contributed by atoms with van der Waals surface area (Å²) >= 11 is 2.92. The number of benzene rings is 1. The lowest BCUT2D eigenvalue weighted by Gasteiger charge is -2.06. The van der Waals surface area contributed by atoms with E-state index in [0.717, 1.165) is 10.7 Å². The van der Waals surface area contributed by atoms with Crippen molar-refractivity contribution in [3.8, 4) is 5.69 Å². The molecular formula is C10H6BrF2N3O2. The first-order valence-electron chi connectivity index (χ1n) is 4.72. The molecule has 0 aliphatic heterocycles. The van der Waals surface area contributed by atoms with Gasteiger partial charge in [-0.25, -0.2) is 18.3 Å². The van der Waals surface area contributed by atoms with Gasteiger partial charge in [0.2, 0.25) is 0 Å². The van der Waals surface area contributed by atoms with E-state index in [-0.39, 0.29) is 21.5 Å². The van der Waals surface area contributed by atoms with Gasteiger partial charge in [0, 0.05) is 6.07 Å². The van der Waals surface area contributed by atoms with Crippen LogP contribution in [0.5, 0.6) is 0 Å². The van der Waals surface area contributed by atoms with Gasteiger partial charge in [0.1, 0.15) is 11.5 Å². The van der Waals surface area contributed by atoms with E-state index in [2.05, 4.69) is 26.2 Å². The Balaban J connectivity index is 2.63. The van der Waals surface area contributed by atoms with E-state index in [1.165, 1.54) is 6.92 Å². The van der Waals surface area contributed by atoms with Crippen molar-refractivity contribution >= 4 is 21.9 Å². The molecule has 0 amide bonds. The van der Waals surface area contributed by atoms with Crippen molar-refractivity contribution in [3.05, 3.63) is 39.6 Å². The number of carboxylic acid groups (broad SMARTS) is 1. The minimum atomic E-state index is -1.26. The highest BCUT2D eigenvalue weighted by Gasteiger charge is 2.19. The Morgan fingerprint density at radius 3 is 2.61 bits per heavy atom. The summed E-state index contributed by atoms with van der Waals surface area (Å²) in [7, 11) is 0. The van der Waals surface area contributed by atoms with E-state index in [0.29, 0.717) is 6.07 Å². The molecule has 0 spiro atoms. The number of aromatic carboxylic acids is 1. The first-order valence-corrected chi connectivity index (χ1v) is 5.51. The molecule has 0 radical (unpaired) electrons. The number of halogens is 3. The summed E-state index contributed by atoms with van der Waals surface area (Å²) in [6, 6.07) is 1.85. The largest absolute Gasteiger partial charge is 0.476 e. The monoisotopic (exact) mass is 317 g/mol. The van der Waals surface area contributed by atoms with Crippen molar-refractivity contribution in [3.63, 3.8) is 0 Å². The molecule has 5 nitrogen and oxygen atoms in total. The van der Waals surface area contributed by atoms with Crippen LogP contribution in [0.2, 0.25) is 0 Å². The Kier molecular flexibility index (Phi) is 3.12. The molecule has 0 unspecified atom stereocenters. The predicted octanol–water partition coefficient (Wildman–Crippen LogP) is 2.31. The van der Waals surface area contributed by atoms with Crippen LogP contribution in [0, 0.1) is 18.6 Å². The van der Waals surface area contributed by atoms with Crippen LogP contribution >= 0.6 is 15.9 Å². The van der Waals surface area contributed by atoms with Crippen molar-refractivity contribution in [2.24, 2.45) is 0 Å². The van der Waals surface area contributed by atoms with E-state index < -0.39 is 17.6 Å². The van der Waals surface area contributed by atoms with Crippen LogP contribution in [0.3, 0.4) is 0 Å². The second-order valence-corrected chi connectivity index (χ2v) is 4.31. The third kappa shape index (κ3) is 1.99. The minimum Gasteiger partial charge on any atom is -0.476 e. The van der Waals surface area contributed by atoms with Crippen LogP contribution in [0.4, 0.5) is 8.78 Å². The van der Waals surface area contributed by atoms with E-state index in [1.54, 1.807) is 0 Å². The lowest BCUT2D eigenvalue weighted by Crippen LogP contribution is -2.05. The molecule has 0 aliphatic rings. The van der Waals surface area contributed by atoms with Crippen LogP contribution in [-0.4, -0.2) is 26.1 Å². The van der Waals surface area contributed by atoms with E-state index >= 15 is 0 Å². The van der Waals surface area contributed by atoms with Crippen LogP contribution in [-0.2, 0) is 0 Å². The molecule has 0 atom stereocenters. The zero-order chi connectivity index (χ0) is 13.4. The molecule has 18 heavy (non-hydrogen) atoms. The average molecular weight is 318 g/mol. The summed E-state index contributed by atoms with van der Waals surface area (Å²) in [5.74, 6) is -2.88. The second kappa shape index (κ2) is 4.45. The molecule has 1 aromatic heterocycles. The van der Waals surface area contributed by atoms with Crippen molar-refractivity contribution in [1.29, 1.82) is 0 Å². The minimum absolute atomic E-state index is 0.0469. The Morgan fingerprint density at radius 2 is 2.06 bits per heavy atom. The zero-order valence-corrected chi connectivity index (χ0v) is 10.6. The molecule has 1 N–H and O–H groups in total. The summed E-state index contributed by atoms with van der Waals surface area (Å²) < 4.78 is 27.7. The fraction of sp³-hybridized carbons (Fsp3) is 0.100. The van der Waals surface area contributed by atoms with Gasteiger partial charge in [-0.2, -0.15) is 0 Å². The number of hydrogen-bond donors (Lipinski definition) is 1. The van der Waals surface area contributed by atoms with Crippen LogP contribution in [0.1, 0.15) is 16.2 Å². The molecule has 2 rings (SSSR count). The maximum absolute atomic E-state index is 13.6. The molecule has 0 aliphatic carbocycles. The summed E-state index contributed by atoms with van der Waals surface area (Å²) in [5.41, 5.74) is -0.212. The third-order valence-electron chi connectivity index (χ3n) is 2.32. The van der Waals surface area contributed by atoms with Gasteiger partial charge in [-0.3, -0.25) is 0 Å². The van der Waals surface area contributed by atoms with Gasteiger partial charge in [-0.15, -0.1) is 5.10 Å². The summed E-state index contributed by atoms with van der Waals surface area (Å²) in [4.78, 5) is 10.8. The number of hydrogen-bond acceptors (Lipinski definition) is 3. The van der Waals surface area contributed by atoms with Gasteiger partial charge in [0.15, 0.2) is 11.5 Å². The smallest absolute Gasteiger partial charge is 0.358 e. The number of rotatable bonds is 2. The quantitative estimate of drug-likeness (QED) is 0.863. The van der Waals surface area contributed by atoms with E-state index in [1.807, 2.05) is 0 Å². The topological polar surface area (TPSA) is 68.0 Å². The fourth-order valence-electron chi connectivity index (χ4n) is 1.43. The highest BCUT2D eigenvalue weighted by molar-refractivity contribution is 9.10. The number of carboxylic acids is 1.